The summed E-state index contributed by atoms with van der Waals surface area (Å²) in [6, 6.07) is 26.7. The lowest BCUT2D eigenvalue weighted by Gasteiger charge is -2.23. The van der Waals surface area contributed by atoms with Crippen LogP contribution in [0.25, 0.3) is 0 Å². The van der Waals surface area contributed by atoms with E-state index in [2.05, 4.69) is 43.3 Å². The van der Waals surface area contributed by atoms with Crippen LogP contribution in [0.2, 0.25) is 0 Å². The fraction of sp³-hybridized carbons (Fsp3) is 0.208. The molecule has 130 valence electrons. The first-order valence-corrected chi connectivity index (χ1v) is 9.16. The minimum atomic E-state index is -0.736. The summed E-state index contributed by atoms with van der Waals surface area (Å²) < 4.78 is 0. The Morgan fingerprint density at radius 2 is 1.27 bits per heavy atom. The molecule has 0 bridgehead atoms. The average molecular weight is 342 g/mol. The molecule has 3 aromatic carbocycles. The van der Waals surface area contributed by atoms with E-state index in [1.807, 2.05) is 42.5 Å². The number of carboxylic acid groups (broad SMARTS) is 1. The van der Waals surface area contributed by atoms with Crippen molar-refractivity contribution < 1.29 is 9.90 Å². The van der Waals surface area contributed by atoms with Gasteiger partial charge in [0.2, 0.25) is 0 Å². The van der Waals surface area contributed by atoms with E-state index < -0.39 is 11.9 Å². The van der Waals surface area contributed by atoms with Crippen molar-refractivity contribution in [2.45, 2.75) is 25.2 Å². The van der Waals surface area contributed by atoms with E-state index in [9.17, 15) is 9.90 Å². The molecule has 0 radical (unpaired) electrons. The van der Waals surface area contributed by atoms with Crippen molar-refractivity contribution in [3.63, 3.8) is 0 Å². The van der Waals surface area contributed by atoms with Gasteiger partial charge in [-0.25, -0.2) is 0 Å². The third-order valence-electron chi connectivity index (χ3n) is 5.58. The molecule has 0 fully saturated rings. The molecule has 0 spiro atoms. The van der Waals surface area contributed by atoms with E-state index in [1.165, 1.54) is 5.56 Å². The van der Waals surface area contributed by atoms with Crippen LogP contribution in [0.5, 0.6) is 0 Å². The topological polar surface area (TPSA) is 37.3 Å². The van der Waals surface area contributed by atoms with Crippen LogP contribution in [0.4, 0.5) is 0 Å². The Balaban J connectivity index is 1.89. The van der Waals surface area contributed by atoms with Gasteiger partial charge in [0.25, 0.3) is 0 Å². The van der Waals surface area contributed by atoms with Crippen molar-refractivity contribution >= 4 is 5.97 Å². The van der Waals surface area contributed by atoms with Crippen molar-refractivity contribution in [3.8, 4) is 0 Å². The van der Waals surface area contributed by atoms with Gasteiger partial charge in [-0.1, -0.05) is 85.8 Å². The molecule has 0 aliphatic heterocycles. The summed E-state index contributed by atoms with van der Waals surface area (Å²) in [4.78, 5) is 12.4. The third kappa shape index (κ3) is 2.72. The maximum absolute atomic E-state index is 12.4. The predicted octanol–water partition coefficient (Wildman–Crippen LogP) is 5.23. The highest BCUT2D eigenvalue weighted by Gasteiger charge is 2.46. The number of carbonyl (C=O) groups is 1. The zero-order chi connectivity index (χ0) is 18.1. The zero-order valence-corrected chi connectivity index (χ0v) is 14.8. The van der Waals surface area contributed by atoms with Gasteiger partial charge in [0, 0.05) is 11.8 Å². The van der Waals surface area contributed by atoms with Crippen LogP contribution in [0.3, 0.4) is 0 Å². The third-order valence-corrected chi connectivity index (χ3v) is 5.58. The molecular weight excluding hydrogens is 320 g/mol. The Morgan fingerprint density at radius 1 is 0.769 bits per heavy atom. The van der Waals surface area contributed by atoms with Crippen molar-refractivity contribution in [1.29, 1.82) is 0 Å². The van der Waals surface area contributed by atoms with Crippen molar-refractivity contribution in [3.05, 3.63) is 107 Å². The number of benzene rings is 3. The molecule has 0 saturated heterocycles. The molecule has 0 amide bonds. The van der Waals surface area contributed by atoms with Gasteiger partial charge in [0.15, 0.2) is 0 Å². The van der Waals surface area contributed by atoms with Crippen LogP contribution in [0, 0.1) is 5.92 Å². The number of rotatable bonds is 4. The molecule has 2 nitrogen and oxygen atoms in total. The van der Waals surface area contributed by atoms with Crippen LogP contribution in [-0.2, 0) is 11.2 Å². The van der Waals surface area contributed by atoms with E-state index in [0.29, 0.717) is 0 Å². The summed E-state index contributed by atoms with van der Waals surface area (Å²) in [6.45, 7) is 2.13. The molecule has 3 unspecified atom stereocenters. The summed E-state index contributed by atoms with van der Waals surface area (Å²) in [5, 5.41) is 10.1. The van der Waals surface area contributed by atoms with E-state index in [-0.39, 0.29) is 11.8 Å². The molecule has 3 aromatic rings. The quantitative estimate of drug-likeness (QED) is 0.705. The lowest BCUT2D eigenvalue weighted by atomic mass is 9.79. The smallest absolute Gasteiger partial charge is 0.308 e. The number of carboxylic acids is 1. The summed E-state index contributed by atoms with van der Waals surface area (Å²) in [7, 11) is 0. The monoisotopic (exact) mass is 342 g/mol. The van der Waals surface area contributed by atoms with Gasteiger partial charge in [-0.15, -0.1) is 0 Å². The lowest BCUT2D eigenvalue weighted by Crippen LogP contribution is -2.23. The Bertz CT molecular complexity index is 912. The van der Waals surface area contributed by atoms with Crippen molar-refractivity contribution in [2.24, 2.45) is 5.92 Å². The Hall–Kier alpha value is -2.87. The maximum atomic E-state index is 12.4. The largest absolute Gasteiger partial charge is 0.481 e. The van der Waals surface area contributed by atoms with Crippen molar-refractivity contribution in [1.82, 2.24) is 0 Å². The average Bonchev–Trinajstić information content (AvgIpc) is 3.04. The normalized spacial score (nSPS) is 21.3. The number of aryl methyl sites for hydroxylation is 1. The highest BCUT2D eigenvalue weighted by Crippen LogP contribution is 2.52. The first-order valence-electron chi connectivity index (χ1n) is 9.16. The molecular formula is C24H22O2. The molecule has 4 rings (SSSR count). The summed E-state index contributed by atoms with van der Waals surface area (Å²) in [6.07, 6.45) is 0.983. The van der Waals surface area contributed by atoms with E-state index in [0.717, 1.165) is 28.7 Å². The molecule has 1 aliphatic carbocycles. The van der Waals surface area contributed by atoms with Gasteiger partial charge in [-0.3, -0.25) is 4.79 Å². The van der Waals surface area contributed by atoms with Gasteiger partial charge in [0.05, 0.1) is 5.92 Å². The van der Waals surface area contributed by atoms with E-state index in [1.54, 1.807) is 0 Å². The zero-order valence-electron chi connectivity index (χ0n) is 14.8. The lowest BCUT2D eigenvalue weighted by molar-refractivity contribution is -0.142. The van der Waals surface area contributed by atoms with Gasteiger partial charge in [-0.05, 0) is 34.2 Å². The molecule has 1 aliphatic rings. The number of aliphatic carboxylic acids is 1. The summed E-state index contributed by atoms with van der Waals surface area (Å²) >= 11 is 0. The van der Waals surface area contributed by atoms with Crippen molar-refractivity contribution in [2.75, 3.05) is 0 Å². The van der Waals surface area contributed by atoms with E-state index in [4.69, 9.17) is 0 Å². The predicted molar refractivity (Wildman–Crippen MR) is 104 cm³/mol. The molecule has 0 aromatic heterocycles. The number of hydrogen-bond donors (Lipinski definition) is 1. The highest BCUT2D eigenvalue weighted by molar-refractivity contribution is 5.77. The van der Waals surface area contributed by atoms with E-state index >= 15 is 0 Å². The first kappa shape index (κ1) is 16.6. The highest BCUT2D eigenvalue weighted by atomic mass is 16.4. The van der Waals surface area contributed by atoms with Gasteiger partial charge >= 0.3 is 5.97 Å². The van der Waals surface area contributed by atoms with Crippen LogP contribution >= 0.6 is 0 Å². The van der Waals surface area contributed by atoms with Gasteiger partial charge in [0.1, 0.15) is 0 Å². The molecule has 26 heavy (non-hydrogen) atoms. The summed E-state index contributed by atoms with van der Waals surface area (Å²) in [5.74, 6) is -1.48. The Morgan fingerprint density at radius 3 is 1.77 bits per heavy atom. The van der Waals surface area contributed by atoms with Crippen LogP contribution < -0.4 is 0 Å². The van der Waals surface area contributed by atoms with Gasteiger partial charge < -0.3 is 5.11 Å². The number of fused-ring (bicyclic) bond motifs is 1. The minimum absolute atomic E-state index is 0.124. The second kappa shape index (κ2) is 6.80. The fourth-order valence-electron chi connectivity index (χ4n) is 4.34. The molecule has 2 heteroatoms. The second-order valence-corrected chi connectivity index (χ2v) is 6.95. The standard InChI is InChI=1S/C24H22O2/c1-2-16-12-14-18(15-13-16)22-20-11-7-6-10-19(20)21(23(22)24(25)26)17-8-4-3-5-9-17/h3-15,21-23H,2H2,1H3,(H,25,26). The Labute approximate surface area is 154 Å². The Kier molecular flexibility index (Phi) is 4.34. The van der Waals surface area contributed by atoms with Gasteiger partial charge in [-0.2, -0.15) is 0 Å². The molecule has 1 N–H and O–H groups in total. The molecule has 0 saturated carbocycles. The summed E-state index contributed by atoms with van der Waals surface area (Å²) in [5.41, 5.74) is 5.70. The second-order valence-electron chi connectivity index (χ2n) is 6.95. The molecule has 0 heterocycles. The first-order chi connectivity index (χ1) is 12.7. The maximum Gasteiger partial charge on any atom is 0.308 e. The minimum Gasteiger partial charge on any atom is -0.481 e. The fourth-order valence-corrected chi connectivity index (χ4v) is 4.34. The number of hydrogen-bond acceptors (Lipinski definition) is 1. The van der Waals surface area contributed by atoms with Crippen LogP contribution in [0.15, 0.2) is 78.9 Å². The van der Waals surface area contributed by atoms with Crippen LogP contribution in [-0.4, -0.2) is 11.1 Å². The SMILES string of the molecule is CCc1ccc(C2c3ccccc3C(c3ccccc3)C2C(=O)O)cc1. The molecule has 3 atom stereocenters. The van der Waals surface area contributed by atoms with Crippen LogP contribution in [0.1, 0.15) is 46.6 Å².